The van der Waals surface area contributed by atoms with Crippen LogP contribution < -0.4 is 5.73 Å². The van der Waals surface area contributed by atoms with E-state index in [0.717, 1.165) is 28.7 Å². The lowest BCUT2D eigenvalue weighted by Gasteiger charge is -2.03. The van der Waals surface area contributed by atoms with E-state index in [2.05, 4.69) is 17.0 Å². The van der Waals surface area contributed by atoms with Crippen molar-refractivity contribution in [3.63, 3.8) is 0 Å². The Morgan fingerprint density at radius 3 is 3.06 bits per heavy atom. The van der Waals surface area contributed by atoms with E-state index in [4.69, 9.17) is 5.73 Å². The second-order valence-electron chi connectivity index (χ2n) is 3.35. The van der Waals surface area contributed by atoms with Gasteiger partial charge in [-0.05, 0) is 25.1 Å². The fourth-order valence-corrected chi connectivity index (χ4v) is 2.33. The van der Waals surface area contributed by atoms with Gasteiger partial charge < -0.3 is 5.73 Å². The van der Waals surface area contributed by atoms with Crippen molar-refractivity contribution in [1.29, 1.82) is 0 Å². The van der Waals surface area contributed by atoms with E-state index in [1.807, 2.05) is 28.9 Å². The highest BCUT2D eigenvalue weighted by Gasteiger charge is 2.03. The number of hydrogen-bond acceptors (Lipinski definition) is 4. The molecular weight excluding hydrogens is 220 g/mol. The van der Waals surface area contributed by atoms with Crippen LogP contribution in [0.25, 0.3) is 0 Å². The van der Waals surface area contributed by atoms with Crippen LogP contribution in [0.1, 0.15) is 12.7 Å². The Morgan fingerprint density at radius 1 is 1.44 bits per heavy atom. The molecule has 16 heavy (non-hydrogen) atoms. The van der Waals surface area contributed by atoms with Crippen LogP contribution in [-0.4, -0.2) is 14.8 Å². The lowest BCUT2D eigenvalue weighted by Crippen LogP contribution is -2.01. The molecule has 2 N–H and O–H groups in total. The molecule has 0 aliphatic heterocycles. The average molecular weight is 234 g/mol. The van der Waals surface area contributed by atoms with Gasteiger partial charge >= 0.3 is 0 Å². The van der Waals surface area contributed by atoms with Crippen molar-refractivity contribution in [2.45, 2.75) is 24.1 Å². The molecule has 1 aromatic carbocycles. The molecule has 0 radical (unpaired) electrons. The van der Waals surface area contributed by atoms with Crippen LogP contribution in [0, 0.1) is 0 Å². The fourth-order valence-electron chi connectivity index (χ4n) is 1.42. The van der Waals surface area contributed by atoms with E-state index in [1.54, 1.807) is 18.1 Å². The van der Waals surface area contributed by atoms with Crippen LogP contribution >= 0.6 is 11.8 Å². The molecule has 0 saturated carbocycles. The topological polar surface area (TPSA) is 56.7 Å². The summed E-state index contributed by atoms with van der Waals surface area (Å²) in [6.07, 6.45) is 1.60. The summed E-state index contributed by atoms with van der Waals surface area (Å²) in [5.41, 5.74) is 6.51. The predicted molar refractivity (Wildman–Crippen MR) is 66.1 cm³/mol. The van der Waals surface area contributed by atoms with E-state index >= 15 is 0 Å². The quantitative estimate of drug-likeness (QED) is 0.650. The largest absolute Gasteiger partial charge is 0.399 e. The van der Waals surface area contributed by atoms with Crippen LogP contribution in [0.2, 0.25) is 0 Å². The van der Waals surface area contributed by atoms with Crippen molar-refractivity contribution < 1.29 is 0 Å². The van der Waals surface area contributed by atoms with E-state index in [0.29, 0.717) is 0 Å². The van der Waals surface area contributed by atoms with Crippen molar-refractivity contribution in [1.82, 2.24) is 14.8 Å². The summed E-state index contributed by atoms with van der Waals surface area (Å²) in [5, 5.41) is 4.13. The number of rotatable bonds is 4. The number of nitrogens with two attached hydrogens (primary N) is 1. The molecule has 0 spiro atoms. The molecule has 0 aliphatic rings. The van der Waals surface area contributed by atoms with Gasteiger partial charge in [-0.15, -0.1) is 11.8 Å². The molecule has 1 heterocycles. The maximum Gasteiger partial charge on any atom is 0.138 e. The lowest BCUT2D eigenvalue weighted by molar-refractivity contribution is 0.632. The monoisotopic (exact) mass is 234 g/mol. The molecule has 1 aromatic heterocycles. The number of aryl methyl sites for hydroxylation is 1. The molecule has 0 amide bonds. The molecule has 4 nitrogen and oxygen atoms in total. The van der Waals surface area contributed by atoms with Gasteiger partial charge in [0, 0.05) is 17.1 Å². The normalized spacial score (nSPS) is 10.6. The summed E-state index contributed by atoms with van der Waals surface area (Å²) in [4.78, 5) is 5.38. The van der Waals surface area contributed by atoms with Gasteiger partial charge in [0.05, 0.1) is 5.75 Å². The number of thioether (sulfide) groups is 1. The van der Waals surface area contributed by atoms with Crippen LogP contribution in [0.4, 0.5) is 5.69 Å². The number of hydrogen-bond donors (Lipinski definition) is 1. The molecule has 0 saturated heterocycles. The highest BCUT2D eigenvalue weighted by atomic mass is 32.2. The van der Waals surface area contributed by atoms with Gasteiger partial charge in [-0.25, -0.2) is 9.67 Å². The third-order valence-electron chi connectivity index (χ3n) is 2.22. The summed E-state index contributed by atoms with van der Waals surface area (Å²) in [6, 6.07) is 7.87. The third-order valence-corrected chi connectivity index (χ3v) is 3.21. The molecular formula is C11H14N4S. The molecule has 2 rings (SSSR count). The Bertz CT molecular complexity index is 467. The van der Waals surface area contributed by atoms with Crippen molar-refractivity contribution in [3.05, 3.63) is 36.4 Å². The van der Waals surface area contributed by atoms with Crippen LogP contribution in [0.5, 0.6) is 0 Å². The van der Waals surface area contributed by atoms with E-state index in [9.17, 15) is 0 Å². The van der Waals surface area contributed by atoms with Gasteiger partial charge in [0.15, 0.2) is 0 Å². The maximum atomic E-state index is 5.72. The average Bonchev–Trinajstić information content (AvgIpc) is 2.74. The molecule has 0 unspecified atom stereocenters. The van der Waals surface area contributed by atoms with Crippen molar-refractivity contribution in [3.8, 4) is 0 Å². The zero-order valence-corrected chi connectivity index (χ0v) is 9.94. The van der Waals surface area contributed by atoms with Gasteiger partial charge in [0.1, 0.15) is 12.2 Å². The van der Waals surface area contributed by atoms with Gasteiger partial charge in [0.2, 0.25) is 0 Å². The van der Waals surface area contributed by atoms with E-state index in [1.165, 1.54) is 0 Å². The highest BCUT2D eigenvalue weighted by Crippen LogP contribution is 2.23. The van der Waals surface area contributed by atoms with Crippen LogP contribution in [0.3, 0.4) is 0 Å². The molecule has 0 bridgehead atoms. The van der Waals surface area contributed by atoms with E-state index < -0.39 is 0 Å². The summed E-state index contributed by atoms with van der Waals surface area (Å²) in [6.45, 7) is 2.91. The second-order valence-corrected chi connectivity index (χ2v) is 4.40. The molecule has 0 fully saturated rings. The standard InChI is InChI=1S/C11H14N4S/c1-2-15-11(13-8-14-15)7-16-10-5-3-4-9(12)6-10/h3-6,8H,2,7,12H2,1H3. The fraction of sp³-hybridized carbons (Fsp3) is 0.273. The predicted octanol–water partition coefficient (Wildman–Crippen LogP) is 2.17. The Hall–Kier alpha value is -1.49. The van der Waals surface area contributed by atoms with Crippen molar-refractivity contribution >= 4 is 17.4 Å². The first-order chi connectivity index (χ1) is 7.79. The summed E-state index contributed by atoms with van der Waals surface area (Å²) in [5.74, 6) is 1.81. The van der Waals surface area contributed by atoms with E-state index in [-0.39, 0.29) is 0 Å². The van der Waals surface area contributed by atoms with Crippen molar-refractivity contribution in [2.75, 3.05) is 5.73 Å². The Kier molecular flexibility index (Phi) is 3.46. The van der Waals surface area contributed by atoms with Gasteiger partial charge in [-0.3, -0.25) is 0 Å². The highest BCUT2D eigenvalue weighted by molar-refractivity contribution is 7.98. The smallest absolute Gasteiger partial charge is 0.138 e. The lowest BCUT2D eigenvalue weighted by atomic mass is 10.3. The SMILES string of the molecule is CCn1ncnc1CSc1cccc(N)c1. The number of aromatic nitrogens is 3. The zero-order valence-electron chi connectivity index (χ0n) is 9.13. The number of anilines is 1. The Morgan fingerprint density at radius 2 is 2.31 bits per heavy atom. The molecule has 0 aliphatic carbocycles. The second kappa shape index (κ2) is 5.03. The van der Waals surface area contributed by atoms with Gasteiger partial charge in [-0.2, -0.15) is 5.10 Å². The first-order valence-corrected chi connectivity index (χ1v) is 6.13. The molecule has 0 atom stereocenters. The van der Waals surface area contributed by atoms with Crippen LogP contribution in [0.15, 0.2) is 35.5 Å². The summed E-state index contributed by atoms with van der Waals surface area (Å²) < 4.78 is 1.90. The Balaban J connectivity index is 2.02. The number of nitrogens with zero attached hydrogens (tertiary/aromatic N) is 3. The number of benzene rings is 1. The van der Waals surface area contributed by atoms with Gasteiger partial charge in [-0.1, -0.05) is 6.07 Å². The first kappa shape index (κ1) is 11.0. The third kappa shape index (κ3) is 2.55. The molecule has 84 valence electrons. The van der Waals surface area contributed by atoms with Crippen molar-refractivity contribution in [2.24, 2.45) is 0 Å². The molecule has 2 aromatic rings. The summed E-state index contributed by atoms with van der Waals surface area (Å²) >= 11 is 1.72. The summed E-state index contributed by atoms with van der Waals surface area (Å²) in [7, 11) is 0. The minimum absolute atomic E-state index is 0.793. The minimum atomic E-state index is 0.793. The van der Waals surface area contributed by atoms with Gasteiger partial charge in [0.25, 0.3) is 0 Å². The minimum Gasteiger partial charge on any atom is -0.399 e. The maximum absolute atomic E-state index is 5.72. The Labute approximate surface area is 98.9 Å². The first-order valence-electron chi connectivity index (χ1n) is 5.14. The molecule has 5 heteroatoms. The zero-order chi connectivity index (χ0) is 11.4. The number of nitrogen functional groups attached to an aromatic ring is 1. The van der Waals surface area contributed by atoms with Crippen LogP contribution in [-0.2, 0) is 12.3 Å².